The maximum atomic E-state index is 13.3. The first-order valence-corrected chi connectivity index (χ1v) is 8.99. The fourth-order valence-electron chi connectivity index (χ4n) is 6.68. The van der Waals surface area contributed by atoms with Crippen molar-refractivity contribution in [2.24, 2.45) is 22.7 Å². The fourth-order valence-corrected chi connectivity index (χ4v) is 6.68. The van der Waals surface area contributed by atoms with Gasteiger partial charge in [0.2, 0.25) is 5.91 Å². The minimum Gasteiger partial charge on any atom is -0.342 e. The van der Waals surface area contributed by atoms with Crippen LogP contribution in [0.3, 0.4) is 0 Å². The van der Waals surface area contributed by atoms with E-state index in [0.29, 0.717) is 17.4 Å². The molecule has 2 unspecified atom stereocenters. The highest BCUT2D eigenvalue weighted by molar-refractivity contribution is 5.83. The largest absolute Gasteiger partial charge is 0.342 e. The number of carbonyl (C=O) groups is 1. The second-order valence-corrected chi connectivity index (χ2v) is 8.91. The zero-order chi connectivity index (χ0) is 14.7. The van der Waals surface area contributed by atoms with Gasteiger partial charge in [-0.1, -0.05) is 6.92 Å². The molecule has 5 fully saturated rings. The summed E-state index contributed by atoms with van der Waals surface area (Å²) >= 11 is 0. The molecule has 1 N–H and O–H groups in total. The van der Waals surface area contributed by atoms with Crippen molar-refractivity contribution in [2.75, 3.05) is 20.1 Å². The molecule has 5 aliphatic rings. The average Bonchev–Trinajstić information content (AvgIpc) is 2.44. The first-order valence-electron chi connectivity index (χ1n) is 8.99. The van der Waals surface area contributed by atoms with Gasteiger partial charge in [0.05, 0.1) is 5.41 Å². The number of hydrogen-bond acceptors (Lipinski definition) is 2. The number of rotatable bonds is 2. The van der Waals surface area contributed by atoms with Crippen LogP contribution in [0, 0.1) is 22.7 Å². The number of nitrogens with one attached hydrogen (secondary N) is 1. The number of amides is 1. The molecule has 1 saturated heterocycles. The van der Waals surface area contributed by atoms with Gasteiger partial charge < -0.3 is 10.2 Å². The van der Waals surface area contributed by atoms with Crippen LogP contribution in [0.15, 0.2) is 0 Å². The molecule has 0 aromatic carbocycles. The van der Waals surface area contributed by atoms with Crippen molar-refractivity contribution in [3.8, 4) is 0 Å². The SMILES string of the molecule is CNC1CCN(C(=O)C23CC4CC(CC(C)(C4)C2)C3)CC1. The third kappa shape index (κ3) is 2.23. The number of nitrogens with zero attached hydrogens (tertiary/aromatic N) is 1. The molecule has 0 radical (unpaired) electrons. The molecule has 21 heavy (non-hydrogen) atoms. The molecule has 0 spiro atoms. The molecule has 0 aromatic heterocycles. The van der Waals surface area contributed by atoms with Crippen LogP contribution in [0.5, 0.6) is 0 Å². The lowest BCUT2D eigenvalue weighted by Crippen LogP contribution is -2.58. The summed E-state index contributed by atoms with van der Waals surface area (Å²) in [4.78, 5) is 15.5. The Balaban J connectivity index is 1.52. The third-order valence-electron chi connectivity index (χ3n) is 7.00. The van der Waals surface area contributed by atoms with Crippen molar-refractivity contribution in [3.63, 3.8) is 0 Å². The minimum absolute atomic E-state index is 0.0330. The summed E-state index contributed by atoms with van der Waals surface area (Å²) in [6, 6.07) is 0.614. The second kappa shape index (κ2) is 4.71. The topological polar surface area (TPSA) is 32.3 Å². The molecule has 1 amide bonds. The highest BCUT2D eigenvalue weighted by atomic mass is 16.2. The van der Waals surface area contributed by atoms with E-state index in [1.807, 2.05) is 7.05 Å². The summed E-state index contributed by atoms with van der Waals surface area (Å²) in [5.41, 5.74) is 0.508. The molecule has 4 aliphatic carbocycles. The molecule has 4 saturated carbocycles. The van der Waals surface area contributed by atoms with E-state index in [-0.39, 0.29) is 5.41 Å². The molecule has 3 heteroatoms. The molecule has 1 heterocycles. The van der Waals surface area contributed by atoms with Gasteiger partial charge in [-0.3, -0.25) is 4.79 Å². The Hall–Kier alpha value is -0.570. The van der Waals surface area contributed by atoms with Gasteiger partial charge in [0, 0.05) is 19.1 Å². The number of hydrogen-bond donors (Lipinski definition) is 1. The van der Waals surface area contributed by atoms with Gasteiger partial charge in [-0.15, -0.1) is 0 Å². The van der Waals surface area contributed by atoms with Gasteiger partial charge in [0.15, 0.2) is 0 Å². The molecule has 0 aromatic rings. The summed E-state index contributed by atoms with van der Waals surface area (Å²) in [6.45, 7) is 4.40. The number of carbonyl (C=O) groups excluding carboxylic acids is 1. The summed E-state index contributed by atoms with van der Waals surface area (Å²) in [5.74, 6) is 2.21. The zero-order valence-electron chi connectivity index (χ0n) is 13.7. The van der Waals surface area contributed by atoms with E-state index >= 15 is 0 Å². The lowest BCUT2D eigenvalue weighted by molar-refractivity contribution is -0.167. The van der Waals surface area contributed by atoms with Crippen LogP contribution in [0.25, 0.3) is 0 Å². The zero-order valence-corrected chi connectivity index (χ0v) is 13.7. The maximum absolute atomic E-state index is 13.3. The summed E-state index contributed by atoms with van der Waals surface area (Å²) in [6.07, 6.45) is 10.0. The molecule has 2 atom stereocenters. The lowest BCUT2D eigenvalue weighted by atomic mass is 9.44. The molecule has 5 rings (SSSR count). The van der Waals surface area contributed by atoms with Crippen molar-refractivity contribution in [2.45, 2.75) is 64.3 Å². The van der Waals surface area contributed by atoms with Gasteiger partial charge in [0.1, 0.15) is 0 Å². The predicted molar refractivity (Wildman–Crippen MR) is 83.9 cm³/mol. The summed E-state index contributed by atoms with van der Waals surface area (Å²) in [7, 11) is 2.04. The second-order valence-electron chi connectivity index (χ2n) is 8.91. The van der Waals surface area contributed by atoms with Crippen LogP contribution in [-0.2, 0) is 4.79 Å². The highest BCUT2D eigenvalue weighted by Gasteiger charge is 2.59. The Labute approximate surface area is 128 Å². The standard InChI is InChI=1S/C18H30N2O/c1-17-8-13-7-14(9-17)11-18(10-13,12-17)16(21)20-5-3-15(19-2)4-6-20/h13-15,19H,3-12H2,1-2H3. The van der Waals surface area contributed by atoms with E-state index in [1.165, 1.54) is 38.5 Å². The molecule has 3 nitrogen and oxygen atoms in total. The van der Waals surface area contributed by atoms with Crippen molar-refractivity contribution >= 4 is 5.91 Å². The van der Waals surface area contributed by atoms with Crippen molar-refractivity contribution < 1.29 is 4.79 Å². The fraction of sp³-hybridized carbons (Fsp3) is 0.944. The van der Waals surface area contributed by atoms with Gasteiger partial charge >= 0.3 is 0 Å². The Morgan fingerprint density at radius 2 is 1.71 bits per heavy atom. The van der Waals surface area contributed by atoms with Crippen molar-refractivity contribution in [1.82, 2.24) is 10.2 Å². The van der Waals surface area contributed by atoms with Crippen molar-refractivity contribution in [1.29, 1.82) is 0 Å². The van der Waals surface area contributed by atoms with E-state index < -0.39 is 0 Å². The normalized spacial score (nSPS) is 46.1. The Bertz CT molecular complexity index is 424. The third-order valence-corrected chi connectivity index (χ3v) is 7.00. The van der Waals surface area contributed by atoms with E-state index in [2.05, 4.69) is 17.1 Å². The Kier molecular flexibility index (Phi) is 3.15. The van der Waals surface area contributed by atoms with Crippen LogP contribution < -0.4 is 5.32 Å². The van der Waals surface area contributed by atoms with E-state index in [0.717, 1.165) is 37.8 Å². The van der Waals surface area contributed by atoms with Gasteiger partial charge in [0.25, 0.3) is 0 Å². The van der Waals surface area contributed by atoms with Crippen molar-refractivity contribution in [3.05, 3.63) is 0 Å². The Morgan fingerprint density at radius 1 is 1.10 bits per heavy atom. The minimum atomic E-state index is 0.0330. The maximum Gasteiger partial charge on any atom is 0.228 e. The first kappa shape index (κ1) is 14.0. The van der Waals surface area contributed by atoms with Crippen LogP contribution in [0.1, 0.15) is 58.3 Å². The summed E-state index contributed by atoms with van der Waals surface area (Å²) in [5, 5.41) is 3.37. The molecule has 4 bridgehead atoms. The van der Waals surface area contributed by atoms with Crippen LogP contribution in [0.2, 0.25) is 0 Å². The lowest BCUT2D eigenvalue weighted by Gasteiger charge is -2.61. The van der Waals surface area contributed by atoms with Crippen LogP contribution in [0.4, 0.5) is 0 Å². The van der Waals surface area contributed by atoms with E-state index in [1.54, 1.807) is 0 Å². The Morgan fingerprint density at radius 3 is 2.24 bits per heavy atom. The quantitative estimate of drug-likeness (QED) is 0.848. The van der Waals surface area contributed by atoms with Crippen LogP contribution >= 0.6 is 0 Å². The predicted octanol–water partition coefficient (Wildman–Crippen LogP) is 2.80. The molecule has 1 aliphatic heterocycles. The van der Waals surface area contributed by atoms with Gasteiger partial charge in [-0.2, -0.15) is 0 Å². The molecular weight excluding hydrogens is 260 g/mol. The van der Waals surface area contributed by atoms with E-state index in [9.17, 15) is 4.79 Å². The molecule has 118 valence electrons. The average molecular weight is 290 g/mol. The van der Waals surface area contributed by atoms with Crippen LogP contribution in [-0.4, -0.2) is 37.0 Å². The van der Waals surface area contributed by atoms with Gasteiger partial charge in [-0.25, -0.2) is 0 Å². The van der Waals surface area contributed by atoms with E-state index in [4.69, 9.17) is 0 Å². The number of piperidine rings is 1. The van der Waals surface area contributed by atoms with Gasteiger partial charge in [-0.05, 0) is 75.7 Å². The first-order chi connectivity index (χ1) is 10.0. The number of likely N-dealkylation sites (tertiary alicyclic amines) is 1. The smallest absolute Gasteiger partial charge is 0.228 e. The molecular formula is C18H30N2O. The summed E-state index contributed by atoms with van der Waals surface area (Å²) < 4.78 is 0. The monoisotopic (exact) mass is 290 g/mol. The highest BCUT2D eigenvalue weighted by Crippen LogP contribution is 2.65.